The molecule has 0 unspecified atom stereocenters. The summed E-state index contributed by atoms with van der Waals surface area (Å²) in [5.41, 5.74) is 2.07. The number of allylic oxidation sites excluding steroid dienone is 1. The first kappa shape index (κ1) is 18.7. The number of thiazole rings is 1. The Balaban J connectivity index is 1.87. The van der Waals surface area contributed by atoms with Crippen LogP contribution in [0, 0.1) is 11.3 Å². The van der Waals surface area contributed by atoms with Gasteiger partial charge < -0.3 is 13.9 Å². The molecule has 0 spiro atoms. The second kappa shape index (κ2) is 9.06. The van der Waals surface area contributed by atoms with Crippen molar-refractivity contribution in [1.29, 1.82) is 5.26 Å². The zero-order chi connectivity index (χ0) is 19.1. The van der Waals surface area contributed by atoms with E-state index >= 15 is 0 Å². The van der Waals surface area contributed by atoms with E-state index in [9.17, 15) is 5.26 Å². The fourth-order valence-corrected chi connectivity index (χ4v) is 3.24. The number of nitriles is 1. The first-order chi connectivity index (χ1) is 13.2. The minimum absolute atomic E-state index is 0.488. The Morgan fingerprint density at radius 2 is 2.22 bits per heavy atom. The average molecular weight is 380 g/mol. The molecule has 3 aromatic rings. The Bertz CT molecular complexity index is 952. The van der Waals surface area contributed by atoms with Gasteiger partial charge in [-0.05, 0) is 42.3 Å². The van der Waals surface area contributed by atoms with Gasteiger partial charge in [0.15, 0.2) is 17.3 Å². The van der Waals surface area contributed by atoms with Crippen LogP contribution in [0.4, 0.5) is 0 Å². The predicted molar refractivity (Wildman–Crippen MR) is 107 cm³/mol. The second-order valence-electron chi connectivity index (χ2n) is 5.80. The second-order valence-corrected chi connectivity index (χ2v) is 6.66. The van der Waals surface area contributed by atoms with Crippen LogP contribution in [0.3, 0.4) is 0 Å². The number of hydrogen-bond acceptors (Lipinski definition) is 6. The molecule has 0 bridgehead atoms. The van der Waals surface area contributed by atoms with E-state index in [1.54, 1.807) is 19.4 Å². The van der Waals surface area contributed by atoms with Gasteiger partial charge in [0.2, 0.25) is 0 Å². The molecule has 1 aromatic carbocycles. The first-order valence-electron chi connectivity index (χ1n) is 8.67. The van der Waals surface area contributed by atoms with Crippen molar-refractivity contribution in [2.24, 2.45) is 0 Å². The molecule has 0 saturated heterocycles. The van der Waals surface area contributed by atoms with Gasteiger partial charge in [0.05, 0.1) is 25.6 Å². The van der Waals surface area contributed by atoms with E-state index in [0.29, 0.717) is 34.4 Å². The molecule has 0 fully saturated rings. The van der Waals surface area contributed by atoms with Gasteiger partial charge in [-0.3, -0.25) is 0 Å². The van der Waals surface area contributed by atoms with Crippen molar-refractivity contribution >= 4 is 23.0 Å². The van der Waals surface area contributed by atoms with Gasteiger partial charge in [-0.1, -0.05) is 19.4 Å². The zero-order valence-corrected chi connectivity index (χ0v) is 16.1. The average Bonchev–Trinajstić information content (AvgIpc) is 3.38. The van der Waals surface area contributed by atoms with E-state index in [0.717, 1.165) is 24.1 Å². The standard InChI is InChI=1S/C21H20N2O3S/c1-3-4-9-26-20-12-15(7-8-19(20)24-2)11-16(13-22)21-23-17(14-27-21)18-6-5-10-25-18/h5-8,10-12,14H,3-4,9H2,1-2H3/b16-11+. The number of benzene rings is 1. The minimum atomic E-state index is 0.488. The minimum Gasteiger partial charge on any atom is -0.493 e. The molecule has 0 N–H and O–H groups in total. The number of ether oxygens (including phenoxy) is 2. The first-order valence-corrected chi connectivity index (χ1v) is 9.55. The summed E-state index contributed by atoms with van der Waals surface area (Å²) in [6.07, 6.45) is 5.44. The lowest BCUT2D eigenvalue weighted by molar-refractivity contribution is 0.288. The van der Waals surface area contributed by atoms with Gasteiger partial charge >= 0.3 is 0 Å². The molecule has 6 heteroatoms. The Labute approximate surface area is 162 Å². The highest BCUT2D eigenvalue weighted by Gasteiger charge is 2.12. The van der Waals surface area contributed by atoms with Crippen LogP contribution in [0.2, 0.25) is 0 Å². The summed E-state index contributed by atoms with van der Waals surface area (Å²) in [6.45, 7) is 2.74. The maximum absolute atomic E-state index is 9.59. The van der Waals surface area contributed by atoms with Gasteiger partial charge in [-0.2, -0.15) is 5.26 Å². The fraction of sp³-hybridized carbons (Fsp3) is 0.238. The van der Waals surface area contributed by atoms with Crippen LogP contribution >= 0.6 is 11.3 Å². The molecule has 0 saturated carbocycles. The molecule has 138 valence electrons. The van der Waals surface area contributed by atoms with Crippen molar-refractivity contribution in [3.8, 4) is 29.0 Å². The molecule has 3 rings (SSSR count). The van der Waals surface area contributed by atoms with Crippen molar-refractivity contribution in [2.45, 2.75) is 19.8 Å². The van der Waals surface area contributed by atoms with Crippen LogP contribution in [-0.2, 0) is 0 Å². The summed E-state index contributed by atoms with van der Waals surface area (Å²) in [4.78, 5) is 4.51. The Kier molecular flexibility index (Phi) is 6.29. The lowest BCUT2D eigenvalue weighted by Gasteiger charge is -2.11. The fourth-order valence-electron chi connectivity index (χ4n) is 2.47. The molecule has 0 aliphatic heterocycles. The highest BCUT2D eigenvalue weighted by atomic mass is 32.1. The highest BCUT2D eigenvalue weighted by Crippen LogP contribution is 2.31. The molecule has 0 aliphatic rings. The van der Waals surface area contributed by atoms with E-state index in [4.69, 9.17) is 13.9 Å². The van der Waals surface area contributed by atoms with E-state index in [1.165, 1.54) is 11.3 Å². The summed E-state index contributed by atoms with van der Waals surface area (Å²) >= 11 is 1.41. The summed E-state index contributed by atoms with van der Waals surface area (Å²) in [6, 6.07) is 11.5. The molecule has 27 heavy (non-hydrogen) atoms. The Morgan fingerprint density at radius 1 is 1.33 bits per heavy atom. The van der Waals surface area contributed by atoms with Crippen molar-refractivity contribution < 1.29 is 13.9 Å². The molecule has 0 radical (unpaired) electrons. The number of unbranched alkanes of at least 4 members (excludes halogenated alkanes) is 1. The molecule has 0 atom stereocenters. The number of furan rings is 1. The van der Waals surface area contributed by atoms with Crippen LogP contribution in [-0.4, -0.2) is 18.7 Å². The van der Waals surface area contributed by atoms with Crippen LogP contribution in [0.25, 0.3) is 23.1 Å². The van der Waals surface area contributed by atoms with Crippen LogP contribution in [0.5, 0.6) is 11.5 Å². The van der Waals surface area contributed by atoms with E-state index in [1.807, 2.05) is 35.7 Å². The SMILES string of the molecule is CCCCOc1cc(/C=C(\C#N)c2nc(-c3ccco3)cs2)ccc1OC. The maximum Gasteiger partial charge on any atom is 0.161 e. The van der Waals surface area contributed by atoms with Crippen molar-refractivity contribution in [2.75, 3.05) is 13.7 Å². The lowest BCUT2D eigenvalue weighted by Crippen LogP contribution is -1.99. The zero-order valence-electron chi connectivity index (χ0n) is 15.3. The van der Waals surface area contributed by atoms with Crippen molar-refractivity contribution in [1.82, 2.24) is 4.98 Å². The van der Waals surface area contributed by atoms with Gasteiger partial charge in [-0.15, -0.1) is 11.3 Å². The molecular weight excluding hydrogens is 360 g/mol. The van der Waals surface area contributed by atoms with Crippen LogP contribution < -0.4 is 9.47 Å². The predicted octanol–water partition coefficient (Wildman–Crippen LogP) is 5.65. The third-order valence-corrected chi connectivity index (χ3v) is 4.76. The number of hydrogen-bond donors (Lipinski definition) is 0. The van der Waals surface area contributed by atoms with Gasteiger partial charge in [0.1, 0.15) is 16.8 Å². The third-order valence-electron chi connectivity index (χ3n) is 3.88. The number of rotatable bonds is 8. The van der Waals surface area contributed by atoms with Crippen LogP contribution in [0.1, 0.15) is 30.3 Å². The summed E-state index contributed by atoms with van der Waals surface area (Å²) in [7, 11) is 1.62. The largest absolute Gasteiger partial charge is 0.493 e. The van der Waals surface area contributed by atoms with Gasteiger partial charge in [-0.25, -0.2) is 4.98 Å². The Morgan fingerprint density at radius 3 is 2.93 bits per heavy atom. The van der Waals surface area contributed by atoms with Crippen LogP contribution in [0.15, 0.2) is 46.4 Å². The normalized spacial score (nSPS) is 11.2. The molecule has 0 aliphatic carbocycles. The quantitative estimate of drug-likeness (QED) is 0.373. The number of methoxy groups -OCH3 is 1. The molecular formula is C21H20N2O3S. The topological polar surface area (TPSA) is 68.3 Å². The van der Waals surface area contributed by atoms with Gasteiger partial charge in [0, 0.05) is 5.38 Å². The lowest BCUT2D eigenvalue weighted by atomic mass is 10.1. The summed E-state index contributed by atoms with van der Waals surface area (Å²) < 4.78 is 16.5. The molecule has 0 amide bonds. The monoisotopic (exact) mass is 380 g/mol. The van der Waals surface area contributed by atoms with E-state index < -0.39 is 0 Å². The van der Waals surface area contributed by atoms with E-state index in [-0.39, 0.29) is 0 Å². The molecule has 2 heterocycles. The van der Waals surface area contributed by atoms with E-state index in [2.05, 4.69) is 18.0 Å². The smallest absolute Gasteiger partial charge is 0.161 e. The molecule has 5 nitrogen and oxygen atoms in total. The third kappa shape index (κ3) is 4.57. The summed E-state index contributed by atoms with van der Waals surface area (Å²) in [5.74, 6) is 2.04. The van der Waals surface area contributed by atoms with Crippen molar-refractivity contribution in [3.05, 3.63) is 52.5 Å². The maximum atomic E-state index is 9.59. The van der Waals surface area contributed by atoms with Crippen molar-refractivity contribution in [3.63, 3.8) is 0 Å². The van der Waals surface area contributed by atoms with Gasteiger partial charge in [0.25, 0.3) is 0 Å². The summed E-state index contributed by atoms with van der Waals surface area (Å²) in [5, 5.41) is 12.1. The Hall–Kier alpha value is -3.04. The number of aromatic nitrogens is 1. The highest BCUT2D eigenvalue weighted by molar-refractivity contribution is 7.11. The molecule has 2 aromatic heterocycles. The number of nitrogens with zero attached hydrogens (tertiary/aromatic N) is 2.